The molecule has 0 radical (unpaired) electrons. The Morgan fingerprint density at radius 2 is 2.55 bits per heavy atom. The molecule has 0 aromatic carbocycles. The number of hydrogen-bond acceptors (Lipinski definition) is 3. The van der Waals surface area contributed by atoms with Gasteiger partial charge in [0, 0.05) is 5.38 Å². The van der Waals surface area contributed by atoms with E-state index >= 15 is 0 Å². The van der Waals surface area contributed by atoms with E-state index in [9.17, 15) is 0 Å². The Hall–Kier alpha value is -0.800. The van der Waals surface area contributed by atoms with Crippen molar-refractivity contribution in [2.75, 3.05) is 6.61 Å². The third-order valence-corrected chi connectivity index (χ3v) is 1.72. The first-order valence-electron chi connectivity index (χ1n) is 3.36. The van der Waals surface area contributed by atoms with Gasteiger partial charge in [-0.3, -0.25) is 0 Å². The zero-order valence-corrected chi connectivity index (χ0v) is 6.97. The quantitative estimate of drug-likeness (QED) is 0.293. The molecule has 0 spiro atoms. The van der Waals surface area contributed by atoms with Crippen molar-refractivity contribution in [3.05, 3.63) is 29.5 Å². The normalized spacial score (nSPS) is 9.45. The molecule has 2 nitrogen and oxygen atoms in total. The van der Waals surface area contributed by atoms with E-state index in [4.69, 9.17) is 9.78 Å². The molecule has 1 rings (SSSR count). The van der Waals surface area contributed by atoms with Crippen molar-refractivity contribution in [2.24, 2.45) is 0 Å². The monoisotopic (exact) mass is 170 g/mol. The van der Waals surface area contributed by atoms with E-state index in [1.807, 2.05) is 16.8 Å². The van der Waals surface area contributed by atoms with E-state index in [1.54, 1.807) is 17.4 Å². The average molecular weight is 170 g/mol. The van der Waals surface area contributed by atoms with E-state index in [2.05, 4.69) is 6.58 Å². The molecule has 3 heteroatoms. The molecule has 0 fully saturated rings. The zero-order chi connectivity index (χ0) is 7.94. The maximum Gasteiger partial charge on any atom is 0.176 e. The molecular weight excluding hydrogens is 160 g/mol. The summed E-state index contributed by atoms with van der Waals surface area (Å²) in [5, 5.41) is 3.82. The Labute approximate surface area is 70.0 Å². The zero-order valence-electron chi connectivity index (χ0n) is 6.16. The summed E-state index contributed by atoms with van der Waals surface area (Å²) < 4.78 is 0. The molecule has 0 N–H and O–H groups in total. The largest absolute Gasteiger partial charge is 0.337 e. The highest BCUT2D eigenvalue weighted by molar-refractivity contribution is 7.08. The van der Waals surface area contributed by atoms with Crippen LogP contribution < -0.4 is 4.89 Å². The third kappa shape index (κ3) is 3.20. The van der Waals surface area contributed by atoms with Crippen molar-refractivity contribution in [1.82, 2.24) is 0 Å². The molecule has 0 aliphatic heterocycles. The van der Waals surface area contributed by atoms with Crippen LogP contribution in [0.4, 0.5) is 0 Å². The lowest BCUT2D eigenvalue weighted by Gasteiger charge is -1.99. The van der Waals surface area contributed by atoms with E-state index in [0.29, 0.717) is 6.61 Å². The summed E-state index contributed by atoms with van der Waals surface area (Å²) in [5.74, 6) is 0.763. The molecule has 1 heterocycles. The first-order valence-corrected chi connectivity index (χ1v) is 4.30. The third-order valence-electron chi connectivity index (χ3n) is 1.06. The number of hydrogen-bond donors (Lipinski definition) is 0. The van der Waals surface area contributed by atoms with Gasteiger partial charge in [0.15, 0.2) is 5.75 Å². The van der Waals surface area contributed by atoms with Gasteiger partial charge in [-0.05, 0) is 17.9 Å². The van der Waals surface area contributed by atoms with Crippen LogP contribution in [0.5, 0.6) is 5.75 Å². The molecule has 0 aliphatic rings. The number of rotatable bonds is 5. The molecule has 0 atom stereocenters. The molecule has 0 amide bonds. The van der Waals surface area contributed by atoms with Crippen molar-refractivity contribution in [2.45, 2.75) is 6.42 Å². The number of thiophene rings is 1. The molecule has 0 unspecified atom stereocenters. The Balaban J connectivity index is 2.09. The van der Waals surface area contributed by atoms with Crippen LogP contribution in [0.25, 0.3) is 0 Å². The molecule has 1 aromatic rings. The van der Waals surface area contributed by atoms with Crippen molar-refractivity contribution < 1.29 is 9.78 Å². The Kier molecular flexibility index (Phi) is 3.72. The summed E-state index contributed by atoms with van der Waals surface area (Å²) in [5.41, 5.74) is 0. The molecular formula is C8H10O2S. The highest BCUT2D eigenvalue weighted by Gasteiger charge is 1.91. The molecule has 0 saturated heterocycles. The van der Waals surface area contributed by atoms with Crippen LogP contribution >= 0.6 is 11.3 Å². The summed E-state index contributed by atoms with van der Waals surface area (Å²) in [4.78, 5) is 9.76. The highest BCUT2D eigenvalue weighted by Crippen LogP contribution is 2.14. The smallest absolute Gasteiger partial charge is 0.176 e. The molecule has 0 aliphatic carbocycles. The van der Waals surface area contributed by atoms with Gasteiger partial charge in [0.05, 0.1) is 6.61 Å². The molecule has 11 heavy (non-hydrogen) atoms. The maximum atomic E-state index is 4.91. The van der Waals surface area contributed by atoms with E-state index in [-0.39, 0.29) is 0 Å². The molecule has 0 bridgehead atoms. The summed E-state index contributed by atoms with van der Waals surface area (Å²) >= 11 is 1.58. The second kappa shape index (κ2) is 4.93. The second-order valence-electron chi connectivity index (χ2n) is 1.94. The lowest BCUT2D eigenvalue weighted by atomic mass is 10.5. The molecule has 0 saturated carbocycles. The van der Waals surface area contributed by atoms with Gasteiger partial charge in [-0.2, -0.15) is 4.89 Å². The van der Waals surface area contributed by atoms with Gasteiger partial charge in [-0.1, -0.05) is 6.08 Å². The van der Waals surface area contributed by atoms with E-state index < -0.39 is 0 Å². The van der Waals surface area contributed by atoms with Gasteiger partial charge in [0.2, 0.25) is 0 Å². The average Bonchev–Trinajstić information content (AvgIpc) is 2.50. The van der Waals surface area contributed by atoms with Gasteiger partial charge < -0.3 is 4.89 Å². The fourth-order valence-electron chi connectivity index (χ4n) is 0.541. The fraction of sp³-hybridized carbons (Fsp3) is 0.250. The van der Waals surface area contributed by atoms with Crippen molar-refractivity contribution in [3.8, 4) is 5.75 Å². The minimum atomic E-state index is 0.555. The SMILES string of the molecule is C=CCCOOc1ccsc1. The first-order chi connectivity index (χ1) is 5.43. The Morgan fingerprint density at radius 1 is 1.64 bits per heavy atom. The predicted octanol–water partition coefficient (Wildman–Crippen LogP) is 2.63. The lowest BCUT2D eigenvalue weighted by molar-refractivity contribution is -0.204. The van der Waals surface area contributed by atoms with Crippen LogP contribution in [-0.2, 0) is 4.89 Å². The minimum Gasteiger partial charge on any atom is -0.337 e. The van der Waals surface area contributed by atoms with E-state index in [0.717, 1.165) is 12.2 Å². The van der Waals surface area contributed by atoms with Gasteiger partial charge in [0.25, 0.3) is 0 Å². The van der Waals surface area contributed by atoms with Crippen LogP contribution in [0.3, 0.4) is 0 Å². The van der Waals surface area contributed by atoms with Crippen LogP contribution in [0, 0.1) is 0 Å². The van der Waals surface area contributed by atoms with Gasteiger partial charge >= 0.3 is 0 Å². The standard InChI is InChI=1S/C8H10O2S/c1-2-3-5-9-10-8-4-6-11-7-8/h2,4,6-7H,1,3,5H2. The van der Waals surface area contributed by atoms with Crippen molar-refractivity contribution in [3.63, 3.8) is 0 Å². The predicted molar refractivity (Wildman–Crippen MR) is 45.7 cm³/mol. The van der Waals surface area contributed by atoms with Crippen LogP contribution in [0.1, 0.15) is 6.42 Å². The first kappa shape index (κ1) is 8.30. The topological polar surface area (TPSA) is 18.5 Å². The molecule has 1 aromatic heterocycles. The van der Waals surface area contributed by atoms with E-state index in [1.165, 1.54) is 0 Å². The van der Waals surface area contributed by atoms with Gasteiger partial charge in [-0.25, -0.2) is 0 Å². The Bertz CT molecular complexity index is 194. The van der Waals surface area contributed by atoms with Crippen LogP contribution in [0.15, 0.2) is 29.5 Å². The minimum absolute atomic E-state index is 0.555. The maximum absolute atomic E-state index is 4.91. The summed E-state index contributed by atoms with van der Waals surface area (Å²) in [6, 6.07) is 1.86. The van der Waals surface area contributed by atoms with Gasteiger partial charge in [0.1, 0.15) is 0 Å². The summed E-state index contributed by atoms with van der Waals surface area (Å²) in [6.07, 6.45) is 2.60. The van der Waals surface area contributed by atoms with Crippen molar-refractivity contribution in [1.29, 1.82) is 0 Å². The second-order valence-corrected chi connectivity index (χ2v) is 2.72. The highest BCUT2D eigenvalue weighted by atomic mass is 32.1. The summed E-state index contributed by atoms with van der Waals surface area (Å²) in [7, 11) is 0. The van der Waals surface area contributed by atoms with Crippen molar-refractivity contribution >= 4 is 11.3 Å². The summed E-state index contributed by atoms with van der Waals surface area (Å²) in [6.45, 7) is 4.12. The fourth-order valence-corrected chi connectivity index (χ4v) is 1.08. The van der Waals surface area contributed by atoms with Gasteiger partial charge in [-0.15, -0.1) is 17.9 Å². The lowest BCUT2D eigenvalue weighted by Crippen LogP contribution is -1.96. The Morgan fingerprint density at radius 3 is 3.18 bits per heavy atom. The van der Waals surface area contributed by atoms with Crippen LogP contribution in [0.2, 0.25) is 0 Å². The van der Waals surface area contributed by atoms with Crippen LogP contribution in [-0.4, -0.2) is 6.61 Å². The molecule has 60 valence electrons.